The lowest BCUT2D eigenvalue weighted by Gasteiger charge is -2.54. The van der Waals surface area contributed by atoms with Crippen LogP contribution in [0.2, 0.25) is 0 Å². The number of carbonyl (C=O) groups excluding carboxylic acids is 1. The Kier molecular flexibility index (Phi) is 3.36. The standard InChI is InChI=1S/C18H25NOS/c1-11(16-4-3-5-21-16)19(2)18(20)17-14-7-12-6-13(9-14)10-15(17)8-12/h3-5,11-15,17H,6-10H2,1-2H3. The number of hydrogen-bond acceptors (Lipinski definition) is 2. The van der Waals surface area contributed by atoms with E-state index in [-0.39, 0.29) is 6.04 Å². The van der Waals surface area contributed by atoms with Crippen LogP contribution in [0, 0.1) is 29.6 Å². The van der Waals surface area contributed by atoms with E-state index in [4.69, 9.17) is 0 Å². The first-order chi connectivity index (χ1) is 10.1. The van der Waals surface area contributed by atoms with Crippen LogP contribution in [-0.2, 0) is 4.79 Å². The fraction of sp³-hybridized carbons (Fsp3) is 0.722. The van der Waals surface area contributed by atoms with Gasteiger partial charge in [0.15, 0.2) is 0 Å². The summed E-state index contributed by atoms with van der Waals surface area (Å²) in [5.41, 5.74) is 0. The van der Waals surface area contributed by atoms with E-state index >= 15 is 0 Å². The van der Waals surface area contributed by atoms with Gasteiger partial charge in [-0.2, -0.15) is 0 Å². The normalized spacial score (nSPS) is 38.5. The Morgan fingerprint density at radius 2 is 1.81 bits per heavy atom. The second-order valence-corrected chi connectivity index (χ2v) is 8.58. The molecule has 3 heteroatoms. The molecule has 0 aromatic carbocycles. The minimum Gasteiger partial charge on any atom is -0.338 e. The Morgan fingerprint density at radius 3 is 2.33 bits per heavy atom. The zero-order valence-electron chi connectivity index (χ0n) is 13.0. The third-order valence-electron chi connectivity index (χ3n) is 6.40. The van der Waals surface area contributed by atoms with Crippen LogP contribution in [0.25, 0.3) is 0 Å². The number of rotatable bonds is 3. The molecule has 1 aromatic heterocycles. The zero-order chi connectivity index (χ0) is 14.6. The first-order valence-corrected chi connectivity index (χ1v) is 9.31. The van der Waals surface area contributed by atoms with Gasteiger partial charge < -0.3 is 4.90 Å². The van der Waals surface area contributed by atoms with Crippen molar-refractivity contribution in [1.82, 2.24) is 4.90 Å². The van der Waals surface area contributed by atoms with Crippen molar-refractivity contribution in [2.75, 3.05) is 7.05 Å². The number of carbonyl (C=O) groups is 1. The molecule has 4 saturated carbocycles. The fourth-order valence-corrected chi connectivity index (χ4v) is 6.30. The highest BCUT2D eigenvalue weighted by molar-refractivity contribution is 7.10. The van der Waals surface area contributed by atoms with Crippen molar-refractivity contribution >= 4 is 17.2 Å². The summed E-state index contributed by atoms with van der Waals surface area (Å²) < 4.78 is 0. The molecule has 1 amide bonds. The van der Waals surface area contributed by atoms with E-state index in [0.717, 1.165) is 11.8 Å². The van der Waals surface area contributed by atoms with E-state index in [0.29, 0.717) is 23.7 Å². The molecule has 0 saturated heterocycles. The summed E-state index contributed by atoms with van der Waals surface area (Å²) in [4.78, 5) is 16.4. The van der Waals surface area contributed by atoms with Gasteiger partial charge in [0.05, 0.1) is 6.04 Å². The summed E-state index contributed by atoms with van der Waals surface area (Å²) in [6.45, 7) is 2.17. The van der Waals surface area contributed by atoms with Crippen molar-refractivity contribution in [2.45, 2.75) is 45.1 Å². The molecule has 0 N–H and O–H groups in total. The molecule has 0 radical (unpaired) electrons. The van der Waals surface area contributed by atoms with Gasteiger partial charge in [-0.25, -0.2) is 0 Å². The maximum absolute atomic E-state index is 13.1. The highest BCUT2D eigenvalue weighted by Crippen LogP contribution is 2.57. The molecule has 2 nitrogen and oxygen atoms in total. The Morgan fingerprint density at radius 1 is 1.19 bits per heavy atom. The average molecular weight is 303 g/mol. The van der Waals surface area contributed by atoms with Gasteiger partial charge in [0.2, 0.25) is 5.91 Å². The Hall–Kier alpha value is -0.830. The average Bonchev–Trinajstić information content (AvgIpc) is 2.98. The maximum atomic E-state index is 13.1. The van der Waals surface area contributed by atoms with Crippen molar-refractivity contribution in [3.8, 4) is 0 Å². The van der Waals surface area contributed by atoms with E-state index in [1.807, 2.05) is 11.9 Å². The van der Waals surface area contributed by atoms with Gasteiger partial charge in [0, 0.05) is 17.8 Å². The molecule has 1 unspecified atom stereocenters. The summed E-state index contributed by atoms with van der Waals surface area (Å²) in [5.74, 6) is 4.00. The third kappa shape index (κ3) is 2.25. The van der Waals surface area contributed by atoms with Crippen LogP contribution in [0.3, 0.4) is 0 Å². The van der Waals surface area contributed by atoms with Gasteiger partial charge in [-0.3, -0.25) is 4.79 Å². The molecular formula is C18H25NOS. The molecule has 114 valence electrons. The predicted molar refractivity (Wildman–Crippen MR) is 86.0 cm³/mol. The van der Waals surface area contributed by atoms with E-state index < -0.39 is 0 Å². The maximum Gasteiger partial charge on any atom is 0.226 e. The quantitative estimate of drug-likeness (QED) is 0.813. The largest absolute Gasteiger partial charge is 0.338 e. The summed E-state index contributed by atoms with van der Waals surface area (Å²) in [7, 11) is 2.01. The van der Waals surface area contributed by atoms with Crippen LogP contribution in [0.5, 0.6) is 0 Å². The lowest BCUT2D eigenvalue weighted by atomic mass is 9.51. The Labute approximate surface area is 131 Å². The zero-order valence-corrected chi connectivity index (χ0v) is 13.8. The van der Waals surface area contributed by atoms with Crippen molar-refractivity contribution in [3.05, 3.63) is 22.4 Å². The number of hydrogen-bond donors (Lipinski definition) is 0. The molecule has 4 bridgehead atoms. The highest BCUT2D eigenvalue weighted by atomic mass is 32.1. The monoisotopic (exact) mass is 303 g/mol. The van der Waals surface area contributed by atoms with Gasteiger partial charge in [-0.05, 0) is 74.1 Å². The molecule has 1 heterocycles. The van der Waals surface area contributed by atoms with E-state index in [1.54, 1.807) is 11.3 Å². The van der Waals surface area contributed by atoms with E-state index in [2.05, 4.69) is 24.4 Å². The molecule has 0 aliphatic heterocycles. The van der Waals surface area contributed by atoms with Crippen LogP contribution >= 0.6 is 11.3 Å². The number of nitrogens with zero attached hydrogens (tertiary/aromatic N) is 1. The van der Waals surface area contributed by atoms with Crippen molar-refractivity contribution in [1.29, 1.82) is 0 Å². The van der Waals surface area contributed by atoms with E-state index in [1.165, 1.54) is 37.0 Å². The van der Waals surface area contributed by atoms with Gasteiger partial charge in [0.1, 0.15) is 0 Å². The summed E-state index contributed by atoms with van der Waals surface area (Å²) in [6, 6.07) is 4.45. The number of amides is 1. The van der Waals surface area contributed by atoms with Crippen LogP contribution in [0.15, 0.2) is 17.5 Å². The summed E-state index contributed by atoms with van der Waals surface area (Å²) in [6.07, 6.45) is 6.75. The third-order valence-corrected chi connectivity index (χ3v) is 7.44. The highest BCUT2D eigenvalue weighted by Gasteiger charge is 2.51. The molecule has 4 aliphatic rings. The molecule has 4 aliphatic carbocycles. The minimum atomic E-state index is 0.217. The first kappa shape index (κ1) is 13.8. The topological polar surface area (TPSA) is 20.3 Å². The fourth-order valence-electron chi connectivity index (χ4n) is 5.47. The van der Waals surface area contributed by atoms with E-state index in [9.17, 15) is 4.79 Å². The second kappa shape index (κ2) is 5.12. The summed E-state index contributed by atoms with van der Waals surface area (Å²) in [5, 5.41) is 2.10. The van der Waals surface area contributed by atoms with Crippen molar-refractivity contribution < 1.29 is 4.79 Å². The molecule has 1 atom stereocenters. The molecule has 5 rings (SSSR count). The van der Waals surface area contributed by atoms with Crippen LogP contribution in [0.4, 0.5) is 0 Å². The van der Waals surface area contributed by atoms with Crippen molar-refractivity contribution in [3.63, 3.8) is 0 Å². The van der Waals surface area contributed by atoms with Crippen LogP contribution in [0.1, 0.15) is 49.9 Å². The second-order valence-electron chi connectivity index (χ2n) is 7.60. The Balaban J connectivity index is 1.52. The van der Waals surface area contributed by atoms with Crippen LogP contribution in [-0.4, -0.2) is 17.9 Å². The molecule has 4 fully saturated rings. The Bertz CT molecular complexity index is 495. The predicted octanol–water partition coefficient (Wildman–Crippen LogP) is 4.34. The summed E-state index contributed by atoms with van der Waals surface area (Å²) >= 11 is 1.76. The van der Waals surface area contributed by atoms with Crippen molar-refractivity contribution in [2.24, 2.45) is 29.6 Å². The molecule has 1 aromatic rings. The molecule has 21 heavy (non-hydrogen) atoms. The van der Waals surface area contributed by atoms with Gasteiger partial charge >= 0.3 is 0 Å². The first-order valence-electron chi connectivity index (χ1n) is 8.43. The lowest BCUT2D eigenvalue weighted by Crippen LogP contribution is -2.51. The van der Waals surface area contributed by atoms with Crippen LogP contribution < -0.4 is 0 Å². The van der Waals surface area contributed by atoms with Gasteiger partial charge in [0.25, 0.3) is 0 Å². The lowest BCUT2D eigenvalue weighted by molar-refractivity contribution is -0.149. The van der Waals surface area contributed by atoms with Gasteiger partial charge in [-0.15, -0.1) is 11.3 Å². The molecule has 0 spiro atoms. The molecular weight excluding hydrogens is 278 g/mol. The minimum absolute atomic E-state index is 0.217. The number of thiophene rings is 1. The van der Waals surface area contributed by atoms with Gasteiger partial charge in [-0.1, -0.05) is 6.07 Å². The smallest absolute Gasteiger partial charge is 0.226 e. The SMILES string of the molecule is CC(c1cccs1)N(C)C(=O)C1C2CC3CC(C2)CC1C3.